The number of nitrogens with one attached hydrogen (secondary N) is 1. The fraction of sp³-hybridized carbons (Fsp3) is 0.600. The van der Waals surface area contributed by atoms with Gasteiger partial charge in [-0.3, -0.25) is 10.1 Å². The van der Waals surface area contributed by atoms with Gasteiger partial charge < -0.3 is 10.4 Å². The van der Waals surface area contributed by atoms with Gasteiger partial charge in [0.2, 0.25) is 0 Å². The van der Waals surface area contributed by atoms with Gasteiger partial charge in [-0.05, 0) is 38.2 Å². The van der Waals surface area contributed by atoms with Crippen molar-refractivity contribution in [3.8, 4) is 0 Å². The van der Waals surface area contributed by atoms with Crippen molar-refractivity contribution >= 4 is 5.69 Å². The Morgan fingerprint density at radius 2 is 2.25 bits per heavy atom. The third-order valence-corrected chi connectivity index (χ3v) is 4.29. The number of nitro benzene ring substituents is 1. The Bertz CT molecular complexity index is 490. The Balaban J connectivity index is 2.11. The van der Waals surface area contributed by atoms with E-state index in [9.17, 15) is 15.2 Å². The number of aliphatic hydroxyl groups excluding tert-OH is 1. The van der Waals surface area contributed by atoms with E-state index < -0.39 is 0 Å². The fourth-order valence-corrected chi connectivity index (χ4v) is 2.98. The molecule has 20 heavy (non-hydrogen) atoms. The average Bonchev–Trinajstić information content (AvgIpc) is 2.86. The van der Waals surface area contributed by atoms with Crippen molar-refractivity contribution in [2.24, 2.45) is 5.92 Å². The van der Waals surface area contributed by atoms with Crippen LogP contribution in [0.15, 0.2) is 18.2 Å². The van der Waals surface area contributed by atoms with E-state index >= 15 is 0 Å². The van der Waals surface area contributed by atoms with Gasteiger partial charge in [0.1, 0.15) is 0 Å². The molecular formula is C15H22N2O3. The lowest BCUT2D eigenvalue weighted by atomic mass is 10.0. The lowest BCUT2D eigenvalue weighted by molar-refractivity contribution is -0.385. The van der Waals surface area contributed by atoms with Gasteiger partial charge in [-0.1, -0.05) is 18.6 Å². The van der Waals surface area contributed by atoms with E-state index in [1.807, 2.05) is 13.0 Å². The Hall–Kier alpha value is -1.46. The molecule has 1 saturated carbocycles. The lowest BCUT2D eigenvalue weighted by Crippen LogP contribution is -2.35. The van der Waals surface area contributed by atoms with Crippen LogP contribution in [0, 0.1) is 23.0 Å². The molecule has 0 amide bonds. The van der Waals surface area contributed by atoms with Crippen LogP contribution in [-0.2, 0) is 0 Å². The molecule has 5 heteroatoms. The van der Waals surface area contributed by atoms with Crippen molar-refractivity contribution < 1.29 is 10.0 Å². The first kappa shape index (κ1) is 14.9. The molecule has 5 nitrogen and oxygen atoms in total. The van der Waals surface area contributed by atoms with E-state index in [0.29, 0.717) is 17.5 Å². The summed E-state index contributed by atoms with van der Waals surface area (Å²) >= 11 is 0. The minimum Gasteiger partial charge on any atom is -0.396 e. The molecule has 0 spiro atoms. The van der Waals surface area contributed by atoms with Crippen LogP contribution in [0.1, 0.15) is 43.4 Å². The molecule has 2 N–H and O–H groups in total. The van der Waals surface area contributed by atoms with Crippen LogP contribution in [0.4, 0.5) is 5.69 Å². The maximum Gasteiger partial charge on any atom is 0.272 e. The highest BCUT2D eigenvalue weighted by atomic mass is 16.6. The summed E-state index contributed by atoms with van der Waals surface area (Å²) < 4.78 is 0. The second-order valence-corrected chi connectivity index (χ2v) is 5.67. The normalized spacial score (nSPS) is 23.8. The van der Waals surface area contributed by atoms with Gasteiger partial charge >= 0.3 is 0 Å². The van der Waals surface area contributed by atoms with Crippen LogP contribution in [0.5, 0.6) is 0 Å². The molecule has 2 rings (SSSR count). The molecular weight excluding hydrogens is 256 g/mol. The molecule has 1 aliphatic rings. The van der Waals surface area contributed by atoms with Crippen molar-refractivity contribution in [1.82, 2.24) is 5.32 Å². The van der Waals surface area contributed by atoms with Crippen molar-refractivity contribution in [2.45, 2.75) is 45.2 Å². The Labute approximate surface area is 119 Å². The summed E-state index contributed by atoms with van der Waals surface area (Å²) in [6.45, 7) is 3.97. The van der Waals surface area contributed by atoms with E-state index in [2.05, 4.69) is 5.32 Å². The molecule has 0 saturated heterocycles. The van der Waals surface area contributed by atoms with Crippen molar-refractivity contribution in [3.05, 3.63) is 39.4 Å². The summed E-state index contributed by atoms with van der Waals surface area (Å²) in [4.78, 5) is 10.7. The highest BCUT2D eigenvalue weighted by molar-refractivity contribution is 5.43. The standard InChI is InChI=1S/C15H22N2O3/c1-10-6-7-12(8-15(10)17(19)20)11(2)16-14-5-3-4-13(14)9-18/h6-8,11,13-14,16,18H,3-5,9H2,1-2H3. The predicted molar refractivity (Wildman–Crippen MR) is 77.6 cm³/mol. The summed E-state index contributed by atoms with van der Waals surface area (Å²) in [6.07, 6.45) is 3.24. The quantitative estimate of drug-likeness (QED) is 0.641. The number of aryl methyl sites for hydroxylation is 1. The highest BCUT2D eigenvalue weighted by Crippen LogP contribution is 2.29. The summed E-state index contributed by atoms with van der Waals surface area (Å²) in [5.74, 6) is 0.304. The van der Waals surface area contributed by atoms with E-state index in [-0.39, 0.29) is 23.3 Å². The van der Waals surface area contributed by atoms with Crippen molar-refractivity contribution in [1.29, 1.82) is 0 Å². The van der Waals surface area contributed by atoms with Crippen LogP contribution in [0.25, 0.3) is 0 Å². The van der Waals surface area contributed by atoms with Crippen molar-refractivity contribution in [2.75, 3.05) is 6.61 Å². The van der Waals surface area contributed by atoms with Crippen molar-refractivity contribution in [3.63, 3.8) is 0 Å². The molecule has 0 radical (unpaired) electrons. The first-order valence-electron chi connectivity index (χ1n) is 7.14. The first-order valence-corrected chi connectivity index (χ1v) is 7.14. The molecule has 1 aromatic rings. The zero-order valence-corrected chi connectivity index (χ0v) is 12.0. The first-order chi connectivity index (χ1) is 9.52. The number of benzene rings is 1. The Morgan fingerprint density at radius 1 is 1.50 bits per heavy atom. The summed E-state index contributed by atoms with van der Waals surface area (Å²) in [6, 6.07) is 5.73. The van der Waals surface area contributed by atoms with E-state index in [1.165, 1.54) is 0 Å². The molecule has 1 aliphatic carbocycles. The maximum absolute atomic E-state index is 11.0. The molecule has 110 valence electrons. The zero-order valence-electron chi connectivity index (χ0n) is 12.0. The molecule has 1 aromatic carbocycles. The Morgan fingerprint density at radius 3 is 2.90 bits per heavy atom. The average molecular weight is 278 g/mol. The molecule has 3 unspecified atom stereocenters. The summed E-state index contributed by atoms with van der Waals surface area (Å²) in [5, 5.41) is 23.8. The smallest absolute Gasteiger partial charge is 0.272 e. The maximum atomic E-state index is 11.0. The van der Waals surface area contributed by atoms with Crippen LogP contribution in [0.3, 0.4) is 0 Å². The molecule has 0 aromatic heterocycles. The Kier molecular flexibility index (Phi) is 4.73. The van der Waals surface area contributed by atoms with E-state index in [4.69, 9.17) is 0 Å². The lowest BCUT2D eigenvalue weighted by Gasteiger charge is -2.24. The number of aliphatic hydroxyl groups is 1. The zero-order chi connectivity index (χ0) is 14.7. The van der Waals surface area contributed by atoms with Crippen LogP contribution in [-0.4, -0.2) is 22.7 Å². The van der Waals surface area contributed by atoms with Crippen LogP contribution >= 0.6 is 0 Å². The largest absolute Gasteiger partial charge is 0.396 e. The third-order valence-electron chi connectivity index (χ3n) is 4.29. The minimum atomic E-state index is -0.336. The van der Waals surface area contributed by atoms with Gasteiger partial charge in [-0.2, -0.15) is 0 Å². The third kappa shape index (κ3) is 3.16. The van der Waals surface area contributed by atoms with Crippen LogP contribution < -0.4 is 5.32 Å². The minimum absolute atomic E-state index is 0.0476. The predicted octanol–water partition coefficient (Wildman–Crippen LogP) is 2.71. The van der Waals surface area contributed by atoms with E-state index in [0.717, 1.165) is 24.8 Å². The fourth-order valence-electron chi connectivity index (χ4n) is 2.98. The number of nitro groups is 1. The molecule has 3 atom stereocenters. The molecule has 0 heterocycles. The summed E-state index contributed by atoms with van der Waals surface area (Å²) in [7, 11) is 0. The van der Waals surface area contributed by atoms with Gasteiger partial charge in [0.05, 0.1) is 4.92 Å². The van der Waals surface area contributed by atoms with Gasteiger partial charge in [-0.25, -0.2) is 0 Å². The molecule has 0 aliphatic heterocycles. The SMILES string of the molecule is Cc1ccc(C(C)NC2CCCC2CO)cc1[N+](=O)[O-]. The monoisotopic (exact) mass is 278 g/mol. The number of hydrogen-bond donors (Lipinski definition) is 2. The van der Waals surface area contributed by atoms with Gasteiger partial charge in [-0.15, -0.1) is 0 Å². The highest BCUT2D eigenvalue weighted by Gasteiger charge is 2.28. The second kappa shape index (κ2) is 6.33. The summed E-state index contributed by atoms with van der Waals surface area (Å²) in [5.41, 5.74) is 1.77. The topological polar surface area (TPSA) is 75.4 Å². The molecule has 1 fully saturated rings. The van der Waals surface area contributed by atoms with Crippen LogP contribution in [0.2, 0.25) is 0 Å². The second-order valence-electron chi connectivity index (χ2n) is 5.67. The number of hydrogen-bond acceptors (Lipinski definition) is 4. The number of rotatable bonds is 5. The number of nitrogens with zero attached hydrogens (tertiary/aromatic N) is 1. The molecule has 0 bridgehead atoms. The van der Waals surface area contributed by atoms with E-state index in [1.54, 1.807) is 19.1 Å². The van der Waals surface area contributed by atoms with Gasteiger partial charge in [0.15, 0.2) is 0 Å². The van der Waals surface area contributed by atoms with Gasteiger partial charge in [0.25, 0.3) is 5.69 Å². The van der Waals surface area contributed by atoms with Gasteiger partial charge in [0, 0.05) is 30.3 Å².